The summed E-state index contributed by atoms with van der Waals surface area (Å²) in [7, 11) is 0. The summed E-state index contributed by atoms with van der Waals surface area (Å²) in [6.45, 7) is 11.5. The molecule has 6 nitrogen and oxygen atoms in total. The van der Waals surface area contributed by atoms with E-state index in [9.17, 15) is 4.79 Å². The summed E-state index contributed by atoms with van der Waals surface area (Å²) in [5, 5.41) is 6.68. The molecule has 7 heteroatoms. The second-order valence-corrected chi connectivity index (χ2v) is 8.14. The molecule has 0 aliphatic carbocycles. The van der Waals surface area contributed by atoms with Gasteiger partial charge < -0.3 is 20.3 Å². The number of aryl methyl sites for hydroxylation is 1. The lowest BCUT2D eigenvalue weighted by molar-refractivity contribution is -0.0586. The fourth-order valence-electron chi connectivity index (χ4n) is 3.78. The number of hydrogen-bond donors (Lipinski definition) is 2. The predicted molar refractivity (Wildman–Crippen MR) is 141 cm³/mol. The lowest BCUT2D eigenvalue weighted by Crippen LogP contribution is -2.48. The Morgan fingerprint density at radius 2 is 1.72 bits per heavy atom. The maximum atomic E-state index is 12.8. The van der Waals surface area contributed by atoms with Crippen LogP contribution in [0.25, 0.3) is 0 Å². The Balaban J connectivity index is 0.00000363. The molecule has 0 radical (unpaired) electrons. The molecule has 0 saturated carbocycles. The Labute approximate surface area is 208 Å². The van der Waals surface area contributed by atoms with E-state index in [4.69, 9.17) is 9.73 Å². The Morgan fingerprint density at radius 3 is 2.34 bits per heavy atom. The third-order valence-electron chi connectivity index (χ3n) is 5.38. The molecular weight excluding hydrogens is 515 g/mol. The van der Waals surface area contributed by atoms with Gasteiger partial charge in [0.05, 0.1) is 18.8 Å². The van der Waals surface area contributed by atoms with Crippen LogP contribution in [0.1, 0.15) is 47.8 Å². The third kappa shape index (κ3) is 7.48. The number of halogens is 1. The van der Waals surface area contributed by atoms with E-state index in [-0.39, 0.29) is 42.1 Å². The van der Waals surface area contributed by atoms with Crippen LogP contribution in [0, 0.1) is 6.92 Å². The molecule has 0 aromatic heterocycles. The number of carbonyl (C=O) groups excluding carboxylic acids is 1. The van der Waals surface area contributed by atoms with Gasteiger partial charge in [-0.15, -0.1) is 24.0 Å². The standard InChI is InChI=1S/C25H34N4O2.HI/c1-5-26-25(28-15-23-9-7-6-8-18(23)2)27-14-21-10-12-22(13-11-21)24(30)29-16-19(3)31-20(4)17-29;/h6-13,19-20H,5,14-17H2,1-4H3,(H2,26,27,28);1H. The van der Waals surface area contributed by atoms with Crippen molar-refractivity contribution < 1.29 is 9.53 Å². The van der Waals surface area contributed by atoms with Crippen molar-refractivity contribution in [2.24, 2.45) is 4.99 Å². The van der Waals surface area contributed by atoms with Crippen molar-refractivity contribution in [1.82, 2.24) is 15.5 Å². The molecule has 0 bridgehead atoms. The average Bonchev–Trinajstić information content (AvgIpc) is 2.76. The van der Waals surface area contributed by atoms with E-state index in [1.807, 2.05) is 49.1 Å². The van der Waals surface area contributed by atoms with Gasteiger partial charge in [0.1, 0.15) is 0 Å². The van der Waals surface area contributed by atoms with Crippen LogP contribution in [0.3, 0.4) is 0 Å². The molecule has 1 fully saturated rings. The van der Waals surface area contributed by atoms with E-state index >= 15 is 0 Å². The summed E-state index contributed by atoms with van der Waals surface area (Å²) < 4.78 is 5.73. The monoisotopic (exact) mass is 550 g/mol. The van der Waals surface area contributed by atoms with Crippen molar-refractivity contribution in [3.05, 3.63) is 70.8 Å². The molecule has 32 heavy (non-hydrogen) atoms. The fraction of sp³-hybridized carbons (Fsp3) is 0.440. The molecule has 2 unspecified atom stereocenters. The maximum absolute atomic E-state index is 12.8. The SMILES string of the molecule is CCNC(=NCc1ccc(C(=O)N2CC(C)OC(C)C2)cc1)NCc1ccccc1C.I. The number of ether oxygens (including phenoxy) is 1. The van der Waals surface area contributed by atoms with Crippen molar-refractivity contribution in [1.29, 1.82) is 0 Å². The smallest absolute Gasteiger partial charge is 0.254 e. The number of amides is 1. The highest BCUT2D eigenvalue weighted by Crippen LogP contribution is 2.15. The minimum Gasteiger partial charge on any atom is -0.372 e. The van der Waals surface area contributed by atoms with E-state index < -0.39 is 0 Å². The minimum absolute atomic E-state index is 0. The molecule has 2 atom stereocenters. The van der Waals surface area contributed by atoms with Crippen molar-refractivity contribution in [2.75, 3.05) is 19.6 Å². The average molecular weight is 550 g/mol. The third-order valence-corrected chi connectivity index (χ3v) is 5.38. The first-order chi connectivity index (χ1) is 15.0. The number of rotatable bonds is 6. The summed E-state index contributed by atoms with van der Waals surface area (Å²) in [6, 6.07) is 16.1. The van der Waals surface area contributed by atoms with Gasteiger partial charge in [-0.25, -0.2) is 4.99 Å². The summed E-state index contributed by atoms with van der Waals surface area (Å²) in [5.74, 6) is 0.840. The molecular formula is C25H35IN4O2. The lowest BCUT2D eigenvalue weighted by atomic mass is 10.1. The highest BCUT2D eigenvalue weighted by molar-refractivity contribution is 14.0. The van der Waals surface area contributed by atoms with Gasteiger partial charge in [0.2, 0.25) is 0 Å². The van der Waals surface area contributed by atoms with Crippen molar-refractivity contribution in [2.45, 2.75) is 53.0 Å². The molecule has 1 saturated heterocycles. The highest BCUT2D eigenvalue weighted by Gasteiger charge is 2.26. The number of guanidine groups is 1. The van der Waals surface area contributed by atoms with Crippen LogP contribution in [0.5, 0.6) is 0 Å². The zero-order valence-corrected chi connectivity index (χ0v) is 21.8. The molecule has 1 aliphatic heterocycles. The van der Waals surface area contributed by atoms with Crippen LogP contribution in [0.2, 0.25) is 0 Å². The predicted octanol–water partition coefficient (Wildman–Crippen LogP) is 4.12. The Bertz CT molecular complexity index is 891. The van der Waals surface area contributed by atoms with Crippen molar-refractivity contribution >= 4 is 35.8 Å². The van der Waals surface area contributed by atoms with E-state index in [0.29, 0.717) is 25.2 Å². The second-order valence-electron chi connectivity index (χ2n) is 8.14. The normalized spacial score (nSPS) is 18.6. The summed E-state index contributed by atoms with van der Waals surface area (Å²) in [6.07, 6.45) is 0.135. The van der Waals surface area contributed by atoms with Crippen LogP contribution in [-0.4, -0.2) is 48.6 Å². The quantitative estimate of drug-likeness (QED) is 0.323. The zero-order chi connectivity index (χ0) is 22.2. The van der Waals surface area contributed by atoms with E-state index in [0.717, 1.165) is 24.6 Å². The van der Waals surface area contributed by atoms with Gasteiger partial charge in [0.15, 0.2) is 5.96 Å². The Kier molecular flexibility index (Phi) is 10.4. The van der Waals surface area contributed by atoms with Crippen LogP contribution in [0.15, 0.2) is 53.5 Å². The maximum Gasteiger partial charge on any atom is 0.254 e. The molecule has 1 heterocycles. The Hall–Kier alpha value is -2.13. The number of nitrogens with one attached hydrogen (secondary N) is 2. The summed E-state index contributed by atoms with van der Waals surface area (Å²) in [5.41, 5.74) is 4.28. The lowest BCUT2D eigenvalue weighted by Gasteiger charge is -2.35. The first-order valence-electron chi connectivity index (χ1n) is 11.1. The summed E-state index contributed by atoms with van der Waals surface area (Å²) >= 11 is 0. The molecule has 174 valence electrons. The van der Waals surface area contributed by atoms with Gasteiger partial charge in [-0.05, 0) is 56.5 Å². The molecule has 2 aromatic rings. The van der Waals surface area contributed by atoms with Gasteiger partial charge >= 0.3 is 0 Å². The van der Waals surface area contributed by atoms with Gasteiger partial charge in [-0.1, -0.05) is 36.4 Å². The van der Waals surface area contributed by atoms with Crippen LogP contribution in [-0.2, 0) is 17.8 Å². The Morgan fingerprint density at radius 1 is 1.06 bits per heavy atom. The molecule has 3 rings (SSSR count). The van der Waals surface area contributed by atoms with Crippen molar-refractivity contribution in [3.8, 4) is 0 Å². The topological polar surface area (TPSA) is 66.0 Å². The molecule has 0 spiro atoms. The largest absolute Gasteiger partial charge is 0.372 e. The fourth-order valence-corrected chi connectivity index (χ4v) is 3.78. The number of morpholine rings is 1. The van der Waals surface area contributed by atoms with E-state index in [1.165, 1.54) is 11.1 Å². The van der Waals surface area contributed by atoms with Gasteiger partial charge in [-0.3, -0.25) is 4.79 Å². The number of nitrogens with zero attached hydrogens (tertiary/aromatic N) is 2. The second kappa shape index (κ2) is 12.8. The zero-order valence-electron chi connectivity index (χ0n) is 19.4. The molecule has 1 amide bonds. The number of aliphatic imine (C=N–C) groups is 1. The minimum atomic E-state index is 0. The number of hydrogen-bond acceptors (Lipinski definition) is 3. The van der Waals surface area contributed by atoms with E-state index in [1.54, 1.807) is 0 Å². The van der Waals surface area contributed by atoms with Crippen LogP contribution < -0.4 is 10.6 Å². The van der Waals surface area contributed by atoms with Gasteiger partial charge in [0, 0.05) is 31.7 Å². The first kappa shape index (κ1) is 26.1. The van der Waals surface area contributed by atoms with Crippen molar-refractivity contribution in [3.63, 3.8) is 0 Å². The summed E-state index contributed by atoms with van der Waals surface area (Å²) in [4.78, 5) is 19.4. The number of carbonyl (C=O) groups is 1. The molecule has 2 N–H and O–H groups in total. The van der Waals surface area contributed by atoms with Gasteiger partial charge in [-0.2, -0.15) is 0 Å². The van der Waals surface area contributed by atoms with Gasteiger partial charge in [0.25, 0.3) is 5.91 Å². The highest BCUT2D eigenvalue weighted by atomic mass is 127. The molecule has 2 aromatic carbocycles. The van der Waals surface area contributed by atoms with Crippen LogP contribution >= 0.6 is 24.0 Å². The van der Waals surface area contributed by atoms with E-state index in [2.05, 4.69) is 42.7 Å². The van der Waals surface area contributed by atoms with Crippen LogP contribution in [0.4, 0.5) is 0 Å². The number of benzene rings is 2. The molecule has 1 aliphatic rings. The first-order valence-corrected chi connectivity index (χ1v) is 11.1.